The van der Waals surface area contributed by atoms with Crippen LogP contribution in [0.1, 0.15) is 18.4 Å². The van der Waals surface area contributed by atoms with Crippen molar-refractivity contribution in [2.75, 3.05) is 19.6 Å². The summed E-state index contributed by atoms with van der Waals surface area (Å²) in [6.45, 7) is 3.55. The SMILES string of the molecule is Oc1ccc(CCN2CC[CH]CC2)cc1. The third kappa shape index (κ3) is 3.24. The van der Waals surface area contributed by atoms with E-state index in [1.807, 2.05) is 12.1 Å². The highest BCUT2D eigenvalue weighted by Gasteiger charge is 2.09. The average molecular weight is 204 g/mol. The van der Waals surface area contributed by atoms with Gasteiger partial charge in [0.2, 0.25) is 0 Å². The van der Waals surface area contributed by atoms with Crippen LogP contribution in [0.2, 0.25) is 0 Å². The van der Waals surface area contributed by atoms with Gasteiger partial charge in [0.15, 0.2) is 0 Å². The molecular formula is C13H18NO. The third-order valence-electron chi connectivity index (χ3n) is 2.95. The molecule has 1 N–H and O–H groups in total. The number of hydrogen-bond donors (Lipinski definition) is 1. The van der Waals surface area contributed by atoms with Crippen LogP contribution in [0.3, 0.4) is 0 Å². The number of piperidine rings is 1. The van der Waals surface area contributed by atoms with Crippen molar-refractivity contribution in [3.05, 3.63) is 36.2 Å². The Balaban J connectivity index is 1.79. The molecule has 0 aliphatic carbocycles. The number of likely N-dealkylation sites (tertiary alicyclic amines) is 1. The molecule has 0 amide bonds. The molecule has 1 saturated heterocycles. The molecule has 1 aliphatic rings. The molecule has 81 valence electrons. The summed E-state index contributed by atoms with van der Waals surface area (Å²) in [6, 6.07) is 7.54. The second-order valence-corrected chi connectivity index (χ2v) is 4.12. The molecule has 1 aliphatic heterocycles. The molecule has 2 heteroatoms. The summed E-state index contributed by atoms with van der Waals surface area (Å²) >= 11 is 0. The second-order valence-electron chi connectivity index (χ2n) is 4.12. The Morgan fingerprint density at radius 1 is 1.07 bits per heavy atom. The predicted molar refractivity (Wildman–Crippen MR) is 61.8 cm³/mol. The van der Waals surface area contributed by atoms with E-state index in [1.54, 1.807) is 12.1 Å². The lowest BCUT2D eigenvalue weighted by molar-refractivity contribution is 0.257. The molecule has 2 nitrogen and oxygen atoms in total. The van der Waals surface area contributed by atoms with Crippen LogP contribution < -0.4 is 0 Å². The van der Waals surface area contributed by atoms with Gasteiger partial charge in [-0.1, -0.05) is 12.1 Å². The summed E-state index contributed by atoms with van der Waals surface area (Å²) in [5.74, 6) is 0.353. The van der Waals surface area contributed by atoms with Crippen molar-refractivity contribution < 1.29 is 5.11 Å². The van der Waals surface area contributed by atoms with Crippen LogP contribution in [0.4, 0.5) is 0 Å². The number of hydrogen-bond acceptors (Lipinski definition) is 2. The van der Waals surface area contributed by atoms with Gasteiger partial charge in [-0.05, 0) is 56.5 Å². The van der Waals surface area contributed by atoms with Gasteiger partial charge in [0.1, 0.15) is 5.75 Å². The van der Waals surface area contributed by atoms with E-state index in [2.05, 4.69) is 11.3 Å². The van der Waals surface area contributed by atoms with Crippen molar-refractivity contribution in [2.24, 2.45) is 0 Å². The molecule has 1 radical (unpaired) electrons. The largest absolute Gasteiger partial charge is 0.508 e. The minimum atomic E-state index is 0.353. The Kier molecular flexibility index (Phi) is 3.62. The number of nitrogens with zero attached hydrogens (tertiary/aromatic N) is 1. The lowest BCUT2D eigenvalue weighted by Crippen LogP contribution is -2.31. The quantitative estimate of drug-likeness (QED) is 0.816. The monoisotopic (exact) mass is 204 g/mol. The first-order valence-electron chi connectivity index (χ1n) is 5.66. The van der Waals surface area contributed by atoms with Gasteiger partial charge < -0.3 is 10.0 Å². The van der Waals surface area contributed by atoms with E-state index >= 15 is 0 Å². The van der Waals surface area contributed by atoms with Gasteiger partial charge >= 0.3 is 0 Å². The highest BCUT2D eigenvalue weighted by atomic mass is 16.3. The number of phenols is 1. The lowest BCUT2D eigenvalue weighted by atomic mass is 10.1. The fourth-order valence-corrected chi connectivity index (χ4v) is 1.98. The van der Waals surface area contributed by atoms with Gasteiger partial charge in [-0.2, -0.15) is 0 Å². The molecule has 0 aromatic heterocycles. The minimum absolute atomic E-state index is 0.353. The zero-order valence-corrected chi connectivity index (χ0v) is 9.02. The molecule has 15 heavy (non-hydrogen) atoms. The van der Waals surface area contributed by atoms with Crippen molar-refractivity contribution in [1.82, 2.24) is 4.90 Å². The predicted octanol–water partition coefficient (Wildman–Crippen LogP) is 2.23. The lowest BCUT2D eigenvalue weighted by Gasteiger charge is -2.26. The van der Waals surface area contributed by atoms with Crippen LogP contribution in [0.25, 0.3) is 0 Å². The van der Waals surface area contributed by atoms with Crippen LogP contribution in [-0.4, -0.2) is 29.6 Å². The molecule has 0 saturated carbocycles. The number of benzene rings is 1. The summed E-state index contributed by atoms with van der Waals surface area (Å²) in [5, 5.41) is 9.16. The molecule has 1 aromatic rings. The molecule has 1 heterocycles. The summed E-state index contributed by atoms with van der Waals surface area (Å²) in [7, 11) is 0. The Hall–Kier alpha value is -1.02. The van der Waals surface area contributed by atoms with E-state index < -0.39 is 0 Å². The number of aromatic hydroxyl groups is 1. The Bertz CT molecular complexity index is 288. The number of rotatable bonds is 3. The second kappa shape index (κ2) is 5.17. The first-order valence-corrected chi connectivity index (χ1v) is 5.66. The molecule has 1 aromatic carbocycles. The van der Waals surface area contributed by atoms with E-state index in [0.717, 1.165) is 13.0 Å². The first kappa shape index (κ1) is 10.5. The van der Waals surface area contributed by atoms with Crippen molar-refractivity contribution >= 4 is 0 Å². The van der Waals surface area contributed by atoms with E-state index in [0.29, 0.717) is 5.75 Å². The molecular weight excluding hydrogens is 186 g/mol. The summed E-state index contributed by atoms with van der Waals surface area (Å²) < 4.78 is 0. The van der Waals surface area contributed by atoms with Crippen LogP contribution in [0, 0.1) is 6.42 Å². The Labute approximate surface area is 91.5 Å². The van der Waals surface area contributed by atoms with Crippen molar-refractivity contribution in [3.63, 3.8) is 0 Å². The maximum Gasteiger partial charge on any atom is 0.115 e. The summed E-state index contributed by atoms with van der Waals surface area (Å²) in [6.07, 6.45) is 5.92. The topological polar surface area (TPSA) is 23.5 Å². The molecule has 0 spiro atoms. The van der Waals surface area contributed by atoms with E-state index in [1.165, 1.54) is 31.5 Å². The molecule has 2 rings (SSSR count). The highest BCUT2D eigenvalue weighted by molar-refractivity contribution is 5.25. The van der Waals surface area contributed by atoms with Gasteiger partial charge in [-0.15, -0.1) is 0 Å². The van der Waals surface area contributed by atoms with Crippen LogP contribution >= 0.6 is 0 Å². The zero-order chi connectivity index (χ0) is 10.5. The maximum absolute atomic E-state index is 9.16. The van der Waals surface area contributed by atoms with E-state index in [4.69, 9.17) is 5.11 Å². The zero-order valence-electron chi connectivity index (χ0n) is 9.02. The standard InChI is InChI=1S/C13H18NO/c15-13-6-4-12(5-7-13)8-11-14-9-2-1-3-10-14/h1,4-7,15H,2-3,8-11H2. The van der Waals surface area contributed by atoms with Gasteiger partial charge in [0, 0.05) is 6.54 Å². The van der Waals surface area contributed by atoms with Crippen molar-refractivity contribution in [2.45, 2.75) is 19.3 Å². The average Bonchev–Trinajstić information content (AvgIpc) is 2.30. The highest BCUT2D eigenvalue weighted by Crippen LogP contribution is 2.12. The maximum atomic E-state index is 9.16. The van der Waals surface area contributed by atoms with Gasteiger partial charge in [-0.3, -0.25) is 0 Å². The smallest absolute Gasteiger partial charge is 0.115 e. The fourth-order valence-electron chi connectivity index (χ4n) is 1.98. The van der Waals surface area contributed by atoms with Gasteiger partial charge in [0.05, 0.1) is 0 Å². The van der Waals surface area contributed by atoms with E-state index in [-0.39, 0.29) is 0 Å². The Morgan fingerprint density at radius 2 is 1.73 bits per heavy atom. The van der Waals surface area contributed by atoms with Crippen LogP contribution in [-0.2, 0) is 6.42 Å². The normalized spacial score (nSPS) is 17.9. The fraction of sp³-hybridized carbons (Fsp3) is 0.462. The molecule has 1 fully saturated rings. The van der Waals surface area contributed by atoms with Crippen LogP contribution in [0.5, 0.6) is 5.75 Å². The van der Waals surface area contributed by atoms with Crippen molar-refractivity contribution in [1.29, 1.82) is 0 Å². The van der Waals surface area contributed by atoms with Crippen molar-refractivity contribution in [3.8, 4) is 5.75 Å². The minimum Gasteiger partial charge on any atom is -0.508 e. The Morgan fingerprint density at radius 3 is 2.40 bits per heavy atom. The first-order chi connectivity index (χ1) is 7.34. The summed E-state index contributed by atoms with van der Waals surface area (Å²) in [4.78, 5) is 2.51. The molecule has 0 bridgehead atoms. The third-order valence-corrected chi connectivity index (χ3v) is 2.95. The number of phenolic OH excluding ortho intramolecular Hbond substituents is 1. The molecule has 0 unspecified atom stereocenters. The summed E-state index contributed by atoms with van der Waals surface area (Å²) in [5.41, 5.74) is 1.31. The van der Waals surface area contributed by atoms with Gasteiger partial charge in [-0.25, -0.2) is 0 Å². The van der Waals surface area contributed by atoms with E-state index in [9.17, 15) is 0 Å². The van der Waals surface area contributed by atoms with Crippen LogP contribution in [0.15, 0.2) is 24.3 Å². The van der Waals surface area contributed by atoms with Gasteiger partial charge in [0.25, 0.3) is 0 Å². The molecule has 0 atom stereocenters.